The summed E-state index contributed by atoms with van der Waals surface area (Å²) in [7, 11) is 8.16. The molecule has 0 unspecified atom stereocenters. The smallest absolute Gasteiger partial charge is 0.305 e. The van der Waals surface area contributed by atoms with Crippen LogP contribution in [0.15, 0.2) is 0 Å². The zero-order valence-corrected chi connectivity index (χ0v) is 16.1. The van der Waals surface area contributed by atoms with Crippen LogP contribution in [0.1, 0.15) is 51.4 Å². The molecule has 0 aliphatic carbocycles. The Morgan fingerprint density at radius 3 is 1.29 bits per heavy atom. The Balaban J connectivity index is 3.30. The molecule has 6 nitrogen and oxygen atoms in total. The van der Waals surface area contributed by atoms with Crippen LogP contribution in [0.3, 0.4) is 0 Å². The first kappa shape index (κ1) is 22.9. The minimum Gasteiger partial charge on any atom is -0.460 e. The zero-order chi connectivity index (χ0) is 18.2. The highest BCUT2D eigenvalue weighted by atomic mass is 16.5. The van der Waals surface area contributed by atoms with E-state index in [4.69, 9.17) is 9.47 Å². The van der Waals surface area contributed by atoms with Gasteiger partial charge >= 0.3 is 11.9 Å². The molecule has 0 saturated carbocycles. The van der Waals surface area contributed by atoms with E-state index in [9.17, 15) is 9.59 Å². The molecule has 0 aromatic heterocycles. The summed E-state index contributed by atoms with van der Waals surface area (Å²) in [5, 5.41) is 0. The molecular formula is C18H38N2O4+2. The van der Waals surface area contributed by atoms with Gasteiger partial charge in [0.2, 0.25) is 0 Å². The van der Waals surface area contributed by atoms with E-state index in [0.29, 0.717) is 26.1 Å². The van der Waals surface area contributed by atoms with E-state index in [1.54, 1.807) is 0 Å². The molecule has 0 radical (unpaired) electrons. The van der Waals surface area contributed by atoms with Gasteiger partial charge in [-0.1, -0.05) is 25.7 Å². The number of likely N-dealkylation sites (N-methyl/N-ethyl adjacent to an activating group) is 2. The van der Waals surface area contributed by atoms with E-state index in [2.05, 4.69) is 0 Å². The summed E-state index contributed by atoms with van der Waals surface area (Å²) in [5.41, 5.74) is 0. The van der Waals surface area contributed by atoms with Gasteiger partial charge in [-0.2, -0.15) is 0 Å². The number of quaternary nitrogens is 2. The first-order chi connectivity index (χ1) is 11.4. The summed E-state index contributed by atoms with van der Waals surface area (Å²) < 4.78 is 10.3. The van der Waals surface area contributed by atoms with Gasteiger partial charge in [0, 0.05) is 12.8 Å². The minimum atomic E-state index is -0.0847. The first-order valence-corrected chi connectivity index (χ1v) is 9.31. The monoisotopic (exact) mass is 346 g/mol. The van der Waals surface area contributed by atoms with E-state index in [-0.39, 0.29) is 11.9 Å². The molecule has 0 fully saturated rings. The summed E-state index contributed by atoms with van der Waals surface area (Å²) >= 11 is 0. The van der Waals surface area contributed by atoms with Gasteiger partial charge in [0.25, 0.3) is 0 Å². The summed E-state index contributed by atoms with van der Waals surface area (Å²) in [6.45, 7) is 2.72. The van der Waals surface area contributed by atoms with Crippen LogP contribution in [0.2, 0.25) is 0 Å². The van der Waals surface area contributed by atoms with Crippen molar-refractivity contribution in [2.24, 2.45) is 0 Å². The highest BCUT2D eigenvalue weighted by Gasteiger charge is 2.05. The van der Waals surface area contributed by atoms with Gasteiger partial charge in [0.1, 0.15) is 26.3 Å². The van der Waals surface area contributed by atoms with Crippen LogP contribution in [0.5, 0.6) is 0 Å². The molecule has 0 heterocycles. The van der Waals surface area contributed by atoms with Crippen LogP contribution in [0, 0.1) is 0 Å². The molecule has 0 aromatic carbocycles. The lowest BCUT2D eigenvalue weighted by Gasteiger charge is -2.08. The van der Waals surface area contributed by atoms with E-state index in [0.717, 1.165) is 51.6 Å². The van der Waals surface area contributed by atoms with Crippen molar-refractivity contribution in [2.45, 2.75) is 51.4 Å². The fraction of sp³-hybridized carbons (Fsp3) is 0.889. The van der Waals surface area contributed by atoms with E-state index in [1.807, 2.05) is 28.2 Å². The summed E-state index contributed by atoms with van der Waals surface area (Å²) in [6.07, 6.45) is 7.12. The Kier molecular flexibility index (Phi) is 14.7. The fourth-order valence-electron chi connectivity index (χ4n) is 2.13. The van der Waals surface area contributed by atoms with E-state index >= 15 is 0 Å². The third kappa shape index (κ3) is 17.2. The van der Waals surface area contributed by atoms with Crippen LogP contribution < -0.4 is 9.80 Å². The summed E-state index contributed by atoms with van der Waals surface area (Å²) in [6, 6.07) is 0. The second-order valence-corrected chi connectivity index (χ2v) is 6.98. The van der Waals surface area contributed by atoms with Gasteiger partial charge in [-0.05, 0) is 12.8 Å². The number of hydrogen-bond donors (Lipinski definition) is 2. The molecular weight excluding hydrogens is 308 g/mol. The number of ether oxygens (including phenoxy) is 2. The van der Waals surface area contributed by atoms with Gasteiger partial charge < -0.3 is 19.3 Å². The van der Waals surface area contributed by atoms with Crippen molar-refractivity contribution in [2.75, 3.05) is 54.5 Å². The Bertz CT molecular complexity index is 301. The maximum absolute atomic E-state index is 11.5. The van der Waals surface area contributed by atoms with E-state index < -0.39 is 0 Å². The van der Waals surface area contributed by atoms with Gasteiger partial charge in [-0.3, -0.25) is 9.59 Å². The third-order valence-corrected chi connectivity index (χ3v) is 3.74. The van der Waals surface area contributed by atoms with Crippen LogP contribution in [0.4, 0.5) is 0 Å². The average Bonchev–Trinajstić information content (AvgIpc) is 2.49. The van der Waals surface area contributed by atoms with Crippen molar-refractivity contribution in [3.8, 4) is 0 Å². The molecule has 0 rings (SSSR count). The maximum Gasteiger partial charge on any atom is 0.305 e. The van der Waals surface area contributed by atoms with Crippen LogP contribution in [0.25, 0.3) is 0 Å². The molecule has 0 aliphatic heterocycles. The molecule has 0 amide bonds. The lowest BCUT2D eigenvalue weighted by molar-refractivity contribution is -0.858. The minimum absolute atomic E-state index is 0.0847. The van der Waals surface area contributed by atoms with Crippen molar-refractivity contribution < 1.29 is 28.9 Å². The van der Waals surface area contributed by atoms with Crippen molar-refractivity contribution >= 4 is 11.9 Å². The number of rotatable bonds is 15. The number of carbonyl (C=O) groups is 2. The number of nitrogens with one attached hydrogen (secondary N) is 2. The summed E-state index contributed by atoms with van der Waals surface area (Å²) in [4.78, 5) is 25.5. The maximum atomic E-state index is 11.5. The molecule has 0 spiro atoms. The molecule has 2 N–H and O–H groups in total. The number of unbranched alkanes of at least 4 members (excludes halogenated alkanes) is 5. The Labute approximate surface area is 147 Å². The molecule has 0 atom stereocenters. The average molecular weight is 347 g/mol. The molecule has 142 valence electrons. The van der Waals surface area contributed by atoms with Crippen molar-refractivity contribution in [3.05, 3.63) is 0 Å². The van der Waals surface area contributed by atoms with Crippen molar-refractivity contribution in [1.29, 1.82) is 0 Å². The SMILES string of the molecule is C[NH+](C)CCOC(=O)CCCCCCCCC(=O)OCC[NH+](C)C. The Hall–Kier alpha value is -1.14. The highest BCUT2D eigenvalue weighted by molar-refractivity contribution is 5.69. The van der Waals surface area contributed by atoms with Crippen LogP contribution in [-0.4, -0.2) is 66.4 Å². The first-order valence-electron chi connectivity index (χ1n) is 9.31. The van der Waals surface area contributed by atoms with E-state index in [1.165, 1.54) is 9.80 Å². The number of hydrogen-bond acceptors (Lipinski definition) is 4. The molecule has 0 saturated heterocycles. The Morgan fingerprint density at radius 1 is 0.625 bits per heavy atom. The molecule has 24 heavy (non-hydrogen) atoms. The molecule has 0 bridgehead atoms. The molecule has 6 heteroatoms. The van der Waals surface area contributed by atoms with Crippen molar-refractivity contribution in [3.63, 3.8) is 0 Å². The van der Waals surface area contributed by atoms with Crippen LogP contribution >= 0.6 is 0 Å². The Morgan fingerprint density at radius 2 is 0.958 bits per heavy atom. The van der Waals surface area contributed by atoms with Crippen LogP contribution in [-0.2, 0) is 19.1 Å². The second kappa shape index (κ2) is 15.4. The molecule has 0 aromatic rings. The van der Waals surface area contributed by atoms with Gasteiger partial charge in [0.15, 0.2) is 0 Å². The highest BCUT2D eigenvalue weighted by Crippen LogP contribution is 2.09. The fourth-order valence-corrected chi connectivity index (χ4v) is 2.13. The molecule has 0 aliphatic rings. The standard InChI is InChI=1S/C18H36N2O4/c1-19(2)13-15-23-17(21)11-9-7-5-6-8-10-12-18(22)24-16-14-20(3)4/h5-16H2,1-4H3/p+2. The topological polar surface area (TPSA) is 61.5 Å². The lowest BCUT2D eigenvalue weighted by atomic mass is 10.1. The summed E-state index contributed by atoms with van der Waals surface area (Å²) in [5.74, 6) is -0.169. The normalized spacial score (nSPS) is 11.1. The van der Waals surface area contributed by atoms with Gasteiger partial charge in [-0.15, -0.1) is 0 Å². The quantitative estimate of drug-likeness (QED) is 0.310. The van der Waals surface area contributed by atoms with Crippen molar-refractivity contribution in [1.82, 2.24) is 0 Å². The van der Waals surface area contributed by atoms with Gasteiger partial charge in [0.05, 0.1) is 28.2 Å². The number of carbonyl (C=O) groups excluding carboxylic acids is 2. The second-order valence-electron chi connectivity index (χ2n) is 6.98. The lowest BCUT2D eigenvalue weighted by Crippen LogP contribution is -3.06. The largest absolute Gasteiger partial charge is 0.460 e. The number of esters is 2. The predicted octanol–water partition coefficient (Wildman–Crippen LogP) is -0.517. The third-order valence-electron chi connectivity index (χ3n) is 3.74. The zero-order valence-electron chi connectivity index (χ0n) is 16.1. The predicted molar refractivity (Wildman–Crippen MR) is 94.2 cm³/mol. The van der Waals surface area contributed by atoms with Gasteiger partial charge in [-0.25, -0.2) is 0 Å².